The minimum atomic E-state index is -0.151. The summed E-state index contributed by atoms with van der Waals surface area (Å²) in [6.45, 7) is 8.90. The van der Waals surface area contributed by atoms with Gasteiger partial charge in [-0.3, -0.25) is 14.5 Å². The van der Waals surface area contributed by atoms with Crippen molar-refractivity contribution < 1.29 is 14.3 Å². The Kier molecular flexibility index (Phi) is 9.75. The molecule has 1 atom stereocenters. The molecule has 1 saturated heterocycles. The Bertz CT molecular complexity index is 616. The van der Waals surface area contributed by atoms with Gasteiger partial charge in [0.25, 0.3) is 5.91 Å². The summed E-state index contributed by atoms with van der Waals surface area (Å²) < 4.78 is 5.43. The van der Waals surface area contributed by atoms with Crippen molar-refractivity contribution in [1.29, 1.82) is 0 Å². The highest BCUT2D eigenvalue weighted by atomic mass is 35.5. The van der Waals surface area contributed by atoms with E-state index in [4.69, 9.17) is 16.3 Å². The lowest BCUT2D eigenvalue weighted by atomic mass is 10.0. The van der Waals surface area contributed by atoms with E-state index in [0.29, 0.717) is 48.5 Å². The van der Waals surface area contributed by atoms with Gasteiger partial charge < -0.3 is 15.4 Å². The lowest BCUT2D eigenvalue weighted by Gasteiger charge is -2.35. The third-order valence-corrected chi connectivity index (χ3v) is 5.06. The van der Waals surface area contributed by atoms with Gasteiger partial charge >= 0.3 is 0 Å². The van der Waals surface area contributed by atoms with Gasteiger partial charge in [-0.2, -0.15) is 0 Å². The molecule has 1 unspecified atom stereocenters. The van der Waals surface area contributed by atoms with Crippen molar-refractivity contribution in [1.82, 2.24) is 15.5 Å². The molecule has 1 aromatic carbocycles. The molecule has 7 heteroatoms. The van der Waals surface area contributed by atoms with E-state index >= 15 is 0 Å². The fourth-order valence-electron chi connectivity index (χ4n) is 3.32. The average molecular weight is 410 g/mol. The third-order valence-electron chi connectivity index (χ3n) is 4.81. The van der Waals surface area contributed by atoms with Gasteiger partial charge in [-0.15, -0.1) is 0 Å². The number of ether oxygens (including phenoxy) is 1. The maximum Gasteiger partial charge on any atom is 0.251 e. The molecule has 28 heavy (non-hydrogen) atoms. The molecule has 6 nitrogen and oxygen atoms in total. The number of amides is 2. The average Bonchev–Trinajstić information content (AvgIpc) is 2.69. The topological polar surface area (TPSA) is 70.7 Å². The van der Waals surface area contributed by atoms with Crippen LogP contribution in [0.4, 0.5) is 0 Å². The molecule has 1 aliphatic heterocycles. The Balaban J connectivity index is 1.66. The van der Waals surface area contributed by atoms with Crippen LogP contribution in [0.3, 0.4) is 0 Å². The highest BCUT2D eigenvalue weighted by Gasteiger charge is 2.22. The molecule has 0 radical (unpaired) electrons. The largest absolute Gasteiger partial charge is 0.379 e. The predicted molar refractivity (Wildman–Crippen MR) is 112 cm³/mol. The molecule has 1 fully saturated rings. The van der Waals surface area contributed by atoms with Crippen molar-refractivity contribution in [2.45, 2.75) is 39.2 Å². The number of rotatable bonds is 10. The Morgan fingerprint density at radius 3 is 2.46 bits per heavy atom. The van der Waals surface area contributed by atoms with Gasteiger partial charge in [0.05, 0.1) is 13.2 Å². The van der Waals surface area contributed by atoms with Crippen LogP contribution in [0.15, 0.2) is 24.3 Å². The highest BCUT2D eigenvalue weighted by Crippen LogP contribution is 2.13. The van der Waals surface area contributed by atoms with E-state index < -0.39 is 0 Å². The molecular formula is C21H32ClN3O3. The van der Waals surface area contributed by atoms with Gasteiger partial charge in [0, 0.05) is 49.2 Å². The highest BCUT2D eigenvalue weighted by molar-refractivity contribution is 6.30. The standard InChI is InChI=1S/C21H32ClN3O3/c1-16(2)14-19(25-10-12-28-13-11-25)15-24-20(26)4-3-9-23-21(27)17-5-7-18(22)8-6-17/h5-8,16,19H,3-4,9-15H2,1-2H3,(H,23,27)(H,24,26). The van der Waals surface area contributed by atoms with Gasteiger partial charge in [0.2, 0.25) is 5.91 Å². The van der Waals surface area contributed by atoms with Gasteiger partial charge in [-0.1, -0.05) is 25.4 Å². The smallest absolute Gasteiger partial charge is 0.251 e. The molecule has 2 N–H and O–H groups in total. The number of carbonyl (C=O) groups excluding carboxylic acids is 2. The lowest BCUT2D eigenvalue weighted by Crippen LogP contribution is -2.49. The molecule has 0 aromatic heterocycles. The minimum absolute atomic E-state index is 0.0303. The van der Waals surface area contributed by atoms with Crippen molar-refractivity contribution >= 4 is 23.4 Å². The van der Waals surface area contributed by atoms with Gasteiger partial charge in [-0.25, -0.2) is 0 Å². The Labute approximate surface area is 172 Å². The van der Waals surface area contributed by atoms with E-state index in [2.05, 4.69) is 29.4 Å². The fraction of sp³-hybridized carbons (Fsp3) is 0.619. The molecule has 1 aromatic rings. The van der Waals surface area contributed by atoms with Crippen LogP contribution in [-0.4, -0.2) is 62.1 Å². The number of hydrogen-bond donors (Lipinski definition) is 2. The van der Waals surface area contributed by atoms with E-state index in [-0.39, 0.29) is 11.8 Å². The molecule has 0 spiro atoms. The quantitative estimate of drug-likeness (QED) is 0.583. The van der Waals surface area contributed by atoms with Crippen LogP contribution in [0.25, 0.3) is 0 Å². The van der Waals surface area contributed by atoms with Crippen molar-refractivity contribution in [2.75, 3.05) is 39.4 Å². The number of carbonyl (C=O) groups is 2. The maximum atomic E-state index is 12.2. The number of halogens is 1. The number of nitrogens with one attached hydrogen (secondary N) is 2. The summed E-state index contributed by atoms with van der Waals surface area (Å²) in [5.41, 5.74) is 0.566. The van der Waals surface area contributed by atoms with Crippen LogP contribution in [0.5, 0.6) is 0 Å². The first-order valence-electron chi connectivity index (χ1n) is 10.1. The fourth-order valence-corrected chi connectivity index (χ4v) is 3.45. The molecule has 156 valence electrons. The van der Waals surface area contributed by atoms with E-state index in [1.165, 1.54) is 0 Å². The van der Waals surface area contributed by atoms with Gasteiger partial charge in [0.15, 0.2) is 0 Å². The Hall–Kier alpha value is -1.63. The summed E-state index contributed by atoms with van der Waals surface area (Å²) in [6.07, 6.45) is 2.06. The first kappa shape index (κ1) is 22.7. The number of hydrogen-bond acceptors (Lipinski definition) is 4. The summed E-state index contributed by atoms with van der Waals surface area (Å²) in [6, 6.07) is 7.09. The van der Waals surface area contributed by atoms with Crippen molar-refractivity contribution in [2.24, 2.45) is 5.92 Å². The van der Waals surface area contributed by atoms with E-state index in [9.17, 15) is 9.59 Å². The third kappa shape index (κ3) is 8.17. The molecule has 0 bridgehead atoms. The lowest BCUT2D eigenvalue weighted by molar-refractivity contribution is -0.121. The second kappa shape index (κ2) is 12.0. The zero-order chi connectivity index (χ0) is 20.4. The molecular weight excluding hydrogens is 378 g/mol. The summed E-state index contributed by atoms with van der Waals surface area (Å²) in [7, 11) is 0. The van der Waals surface area contributed by atoms with Crippen LogP contribution < -0.4 is 10.6 Å². The van der Waals surface area contributed by atoms with E-state index in [1.54, 1.807) is 24.3 Å². The summed E-state index contributed by atoms with van der Waals surface area (Å²) >= 11 is 5.82. The second-order valence-corrected chi connectivity index (χ2v) is 8.04. The molecule has 0 saturated carbocycles. The first-order valence-corrected chi connectivity index (χ1v) is 10.5. The summed E-state index contributed by atoms with van der Waals surface area (Å²) in [5, 5.41) is 6.49. The van der Waals surface area contributed by atoms with Crippen molar-refractivity contribution in [3.8, 4) is 0 Å². The van der Waals surface area contributed by atoms with E-state index in [0.717, 1.165) is 32.7 Å². The first-order chi connectivity index (χ1) is 13.5. The molecule has 0 aliphatic carbocycles. The Morgan fingerprint density at radius 2 is 1.82 bits per heavy atom. The molecule has 1 aliphatic rings. The minimum Gasteiger partial charge on any atom is -0.379 e. The maximum absolute atomic E-state index is 12.2. The van der Waals surface area contributed by atoms with Crippen LogP contribution in [0, 0.1) is 5.92 Å². The summed E-state index contributed by atoms with van der Waals surface area (Å²) in [4.78, 5) is 26.6. The molecule has 1 heterocycles. The van der Waals surface area contributed by atoms with Crippen LogP contribution >= 0.6 is 11.6 Å². The van der Waals surface area contributed by atoms with E-state index in [1.807, 2.05) is 0 Å². The monoisotopic (exact) mass is 409 g/mol. The number of benzene rings is 1. The molecule has 2 rings (SSSR count). The van der Waals surface area contributed by atoms with Crippen molar-refractivity contribution in [3.05, 3.63) is 34.9 Å². The zero-order valence-corrected chi connectivity index (χ0v) is 17.6. The number of nitrogens with zero attached hydrogens (tertiary/aromatic N) is 1. The van der Waals surface area contributed by atoms with Crippen LogP contribution in [-0.2, 0) is 9.53 Å². The van der Waals surface area contributed by atoms with Crippen LogP contribution in [0.1, 0.15) is 43.5 Å². The SMILES string of the molecule is CC(C)CC(CNC(=O)CCCNC(=O)c1ccc(Cl)cc1)N1CCOCC1. The number of morpholine rings is 1. The second-order valence-electron chi connectivity index (χ2n) is 7.60. The predicted octanol–water partition coefficient (Wildman–Crippen LogP) is 2.71. The summed E-state index contributed by atoms with van der Waals surface area (Å²) in [5.74, 6) is 0.456. The van der Waals surface area contributed by atoms with Crippen LogP contribution in [0.2, 0.25) is 5.02 Å². The Morgan fingerprint density at radius 1 is 1.14 bits per heavy atom. The van der Waals surface area contributed by atoms with Gasteiger partial charge in [0.1, 0.15) is 0 Å². The zero-order valence-electron chi connectivity index (χ0n) is 16.9. The van der Waals surface area contributed by atoms with Crippen molar-refractivity contribution in [3.63, 3.8) is 0 Å². The van der Waals surface area contributed by atoms with Gasteiger partial charge in [-0.05, 0) is 43.0 Å². The molecule has 2 amide bonds. The normalized spacial score (nSPS) is 16.0.